The number of Topliss-reactive ketones (excluding diaryl/α,β-unsaturated/α-hetero) is 2. The second-order valence-electron chi connectivity index (χ2n) is 8.30. The Kier molecular flexibility index (Phi) is 6.21. The summed E-state index contributed by atoms with van der Waals surface area (Å²) in [6.07, 6.45) is 0. The number of fused-ring (bicyclic) bond motifs is 1. The van der Waals surface area contributed by atoms with Gasteiger partial charge in [-0.05, 0) is 36.4 Å². The van der Waals surface area contributed by atoms with Gasteiger partial charge in [-0.15, -0.1) is 0 Å². The van der Waals surface area contributed by atoms with Crippen molar-refractivity contribution >= 4 is 43.2 Å². The molecule has 1 heterocycles. The van der Waals surface area contributed by atoms with E-state index in [1.165, 1.54) is 12.1 Å². The van der Waals surface area contributed by atoms with Crippen molar-refractivity contribution in [3.8, 4) is 0 Å². The molecule has 1 aliphatic carbocycles. The number of hydrogen-bond acceptors (Lipinski definition) is 6. The van der Waals surface area contributed by atoms with Crippen molar-refractivity contribution in [2.24, 2.45) is 0 Å². The predicted molar refractivity (Wildman–Crippen MR) is 137 cm³/mol. The van der Waals surface area contributed by atoms with E-state index in [1.54, 1.807) is 36.4 Å². The first-order valence-corrected chi connectivity index (χ1v) is 13.4. The number of hydrogen-bond donors (Lipinski definition) is 1. The minimum absolute atomic E-state index is 0.000513. The van der Waals surface area contributed by atoms with Crippen LogP contribution in [0.15, 0.2) is 99.6 Å². The summed E-state index contributed by atoms with van der Waals surface area (Å²) in [5.41, 5.74) is 1.45. The number of allylic oxidation sites excluding steroid dienone is 2. The van der Waals surface area contributed by atoms with Crippen LogP contribution >= 0.6 is 15.9 Å². The molecule has 3 aromatic rings. The summed E-state index contributed by atoms with van der Waals surface area (Å²) >= 11 is 3.30. The standard InChI is InChI=1S/C26H22BrN3O4S/c27-18-10-12-20(13-11-18)35(33,34)28-23-24(26(32)22-9-5-4-8-21(22)25(23)31)30-16-14-29(15-17-30)19-6-2-1-3-7-19/h1-13,28H,14-17H2. The Labute approximate surface area is 212 Å². The molecule has 3 aromatic carbocycles. The van der Waals surface area contributed by atoms with Gasteiger partial charge in [0.1, 0.15) is 11.4 Å². The van der Waals surface area contributed by atoms with E-state index in [0.717, 1.165) is 10.2 Å². The Morgan fingerprint density at radius 1 is 0.686 bits per heavy atom. The van der Waals surface area contributed by atoms with Gasteiger partial charge in [-0.1, -0.05) is 58.4 Å². The molecule has 0 aromatic heterocycles. The van der Waals surface area contributed by atoms with Crippen LogP contribution in [0.5, 0.6) is 0 Å². The van der Waals surface area contributed by atoms with E-state index in [0.29, 0.717) is 26.2 Å². The van der Waals surface area contributed by atoms with Crippen molar-refractivity contribution in [3.63, 3.8) is 0 Å². The lowest BCUT2D eigenvalue weighted by Gasteiger charge is -2.39. The highest BCUT2D eigenvalue weighted by atomic mass is 79.9. The van der Waals surface area contributed by atoms with Crippen molar-refractivity contribution in [2.45, 2.75) is 4.90 Å². The topological polar surface area (TPSA) is 86.8 Å². The van der Waals surface area contributed by atoms with Crippen LogP contribution in [-0.4, -0.2) is 51.1 Å². The maximum atomic E-state index is 13.6. The van der Waals surface area contributed by atoms with Gasteiger partial charge in [-0.3, -0.25) is 14.3 Å². The number of nitrogens with one attached hydrogen (secondary N) is 1. The number of carbonyl (C=O) groups excluding carboxylic acids is 2. The molecular weight excluding hydrogens is 530 g/mol. The molecular formula is C26H22BrN3O4S. The molecule has 178 valence electrons. The summed E-state index contributed by atoms with van der Waals surface area (Å²) < 4.78 is 29.6. The molecule has 2 aliphatic rings. The van der Waals surface area contributed by atoms with Gasteiger partial charge in [-0.2, -0.15) is 0 Å². The fourth-order valence-corrected chi connectivity index (χ4v) is 5.73. The number of piperazine rings is 1. The second kappa shape index (κ2) is 9.31. The van der Waals surface area contributed by atoms with E-state index in [-0.39, 0.29) is 33.2 Å². The number of anilines is 1. The molecule has 0 radical (unpaired) electrons. The first-order valence-electron chi connectivity index (χ1n) is 11.1. The summed E-state index contributed by atoms with van der Waals surface area (Å²) in [4.78, 5) is 31.1. The molecule has 5 rings (SSSR count). The maximum absolute atomic E-state index is 13.6. The third-order valence-electron chi connectivity index (χ3n) is 6.17. The average Bonchev–Trinajstić information content (AvgIpc) is 2.88. The number of rotatable bonds is 5. The zero-order valence-electron chi connectivity index (χ0n) is 18.6. The fourth-order valence-electron chi connectivity index (χ4n) is 4.39. The highest BCUT2D eigenvalue weighted by molar-refractivity contribution is 9.10. The molecule has 0 atom stereocenters. The molecule has 0 unspecified atom stereocenters. The van der Waals surface area contributed by atoms with Gasteiger partial charge in [0.2, 0.25) is 11.6 Å². The summed E-state index contributed by atoms with van der Waals surface area (Å²) in [6, 6.07) is 22.6. The Morgan fingerprint density at radius 2 is 1.23 bits per heavy atom. The van der Waals surface area contributed by atoms with Crippen LogP contribution in [0.2, 0.25) is 0 Å². The number of carbonyl (C=O) groups is 2. The smallest absolute Gasteiger partial charge is 0.262 e. The van der Waals surface area contributed by atoms with E-state index < -0.39 is 15.8 Å². The van der Waals surface area contributed by atoms with Gasteiger partial charge in [0.25, 0.3) is 10.0 Å². The van der Waals surface area contributed by atoms with Crippen LogP contribution in [0.3, 0.4) is 0 Å². The summed E-state index contributed by atoms with van der Waals surface area (Å²) in [6.45, 7) is 2.19. The van der Waals surface area contributed by atoms with Gasteiger partial charge in [0.15, 0.2) is 0 Å². The fraction of sp³-hybridized carbons (Fsp3) is 0.154. The van der Waals surface area contributed by atoms with Gasteiger partial charge in [0, 0.05) is 47.5 Å². The predicted octanol–water partition coefficient (Wildman–Crippen LogP) is 3.84. The lowest BCUT2D eigenvalue weighted by Crippen LogP contribution is -2.49. The number of nitrogens with zero attached hydrogens (tertiary/aromatic N) is 2. The number of halogens is 1. The quantitative estimate of drug-likeness (QED) is 0.518. The van der Waals surface area contributed by atoms with E-state index in [4.69, 9.17) is 0 Å². The molecule has 7 nitrogen and oxygen atoms in total. The minimum Gasteiger partial charge on any atom is -0.368 e. The summed E-state index contributed by atoms with van der Waals surface area (Å²) in [7, 11) is -4.10. The van der Waals surface area contributed by atoms with Crippen molar-refractivity contribution in [2.75, 3.05) is 31.1 Å². The number of para-hydroxylation sites is 1. The van der Waals surface area contributed by atoms with Gasteiger partial charge < -0.3 is 9.80 Å². The van der Waals surface area contributed by atoms with Crippen LogP contribution in [0.1, 0.15) is 20.7 Å². The van der Waals surface area contributed by atoms with Crippen LogP contribution in [0.4, 0.5) is 5.69 Å². The molecule has 9 heteroatoms. The first-order chi connectivity index (χ1) is 16.8. The Morgan fingerprint density at radius 3 is 1.86 bits per heavy atom. The molecule has 1 fully saturated rings. The number of ketones is 2. The average molecular weight is 552 g/mol. The summed E-state index contributed by atoms with van der Waals surface area (Å²) in [5.74, 6) is -0.872. The Bertz CT molecular complexity index is 1430. The minimum atomic E-state index is -4.10. The van der Waals surface area contributed by atoms with Crippen molar-refractivity contribution in [1.29, 1.82) is 0 Å². The second-order valence-corrected chi connectivity index (χ2v) is 10.9. The normalized spacial score (nSPS) is 16.4. The molecule has 1 N–H and O–H groups in total. The summed E-state index contributed by atoms with van der Waals surface area (Å²) in [5, 5.41) is 0. The van der Waals surface area contributed by atoms with Crippen molar-refractivity contribution < 1.29 is 18.0 Å². The van der Waals surface area contributed by atoms with Gasteiger partial charge in [-0.25, -0.2) is 8.42 Å². The van der Waals surface area contributed by atoms with Crippen molar-refractivity contribution in [3.05, 3.63) is 106 Å². The van der Waals surface area contributed by atoms with Gasteiger partial charge in [0.05, 0.1) is 4.90 Å². The third-order valence-corrected chi connectivity index (χ3v) is 8.07. The largest absolute Gasteiger partial charge is 0.368 e. The Hall–Kier alpha value is -3.43. The lowest BCUT2D eigenvalue weighted by molar-refractivity contribution is 0.0935. The van der Waals surface area contributed by atoms with E-state index in [1.807, 2.05) is 35.2 Å². The maximum Gasteiger partial charge on any atom is 0.262 e. The van der Waals surface area contributed by atoms with Crippen LogP contribution in [-0.2, 0) is 10.0 Å². The highest BCUT2D eigenvalue weighted by Gasteiger charge is 2.38. The van der Waals surface area contributed by atoms with Crippen LogP contribution in [0, 0.1) is 0 Å². The lowest BCUT2D eigenvalue weighted by atomic mass is 9.89. The Balaban J connectivity index is 1.52. The number of benzene rings is 3. The molecule has 1 saturated heterocycles. The zero-order chi connectivity index (χ0) is 24.6. The zero-order valence-corrected chi connectivity index (χ0v) is 21.1. The van der Waals surface area contributed by atoms with Crippen LogP contribution in [0.25, 0.3) is 0 Å². The third kappa shape index (κ3) is 4.49. The molecule has 1 aliphatic heterocycles. The first kappa shape index (κ1) is 23.3. The van der Waals surface area contributed by atoms with Crippen LogP contribution < -0.4 is 9.62 Å². The van der Waals surface area contributed by atoms with E-state index in [2.05, 4.69) is 25.6 Å². The molecule has 0 spiro atoms. The molecule has 0 bridgehead atoms. The van der Waals surface area contributed by atoms with E-state index in [9.17, 15) is 18.0 Å². The SMILES string of the molecule is O=C1C(NS(=O)(=O)c2ccc(Br)cc2)=C(N2CCN(c3ccccc3)CC2)C(=O)c2ccccc21. The highest BCUT2D eigenvalue weighted by Crippen LogP contribution is 2.30. The molecule has 0 amide bonds. The number of sulfonamides is 1. The van der Waals surface area contributed by atoms with E-state index >= 15 is 0 Å². The molecule has 0 saturated carbocycles. The van der Waals surface area contributed by atoms with Gasteiger partial charge >= 0.3 is 0 Å². The van der Waals surface area contributed by atoms with Crippen molar-refractivity contribution in [1.82, 2.24) is 9.62 Å². The monoisotopic (exact) mass is 551 g/mol. The molecule has 35 heavy (non-hydrogen) atoms.